The van der Waals surface area contributed by atoms with Crippen LogP contribution >= 0.6 is 0 Å². The lowest BCUT2D eigenvalue weighted by Gasteiger charge is -2.20. The van der Waals surface area contributed by atoms with Crippen LogP contribution in [0.1, 0.15) is 43.1 Å². The lowest BCUT2D eigenvalue weighted by Crippen LogP contribution is -2.31. The van der Waals surface area contributed by atoms with E-state index in [4.69, 9.17) is 0 Å². The molecule has 0 saturated carbocycles. The molecule has 1 aromatic carbocycles. The number of nitrogens with zero attached hydrogens (tertiary/aromatic N) is 1. The van der Waals surface area contributed by atoms with Crippen molar-refractivity contribution >= 4 is 11.6 Å². The van der Waals surface area contributed by atoms with Crippen LogP contribution in [0.5, 0.6) is 0 Å². The van der Waals surface area contributed by atoms with Gasteiger partial charge in [-0.15, -0.1) is 0 Å². The topological polar surface area (TPSA) is 44.4 Å². The van der Waals surface area contributed by atoms with Gasteiger partial charge in [0.2, 0.25) is 0 Å². The van der Waals surface area contributed by atoms with E-state index >= 15 is 0 Å². The Morgan fingerprint density at radius 1 is 1.33 bits per heavy atom. The summed E-state index contributed by atoms with van der Waals surface area (Å²) in [6.07, 6.45) is 0.967. The largest absolute Gasteiger partial charge is 0.385 e. The molecule has 0 saturated heterocycles. The number of hydrogen-bond donors (Lipinski definition) is 2. The fourth-order valence-electron chi connectivity index (χ4n) is 2.08. The summed E-state index contributed by atoms with van der Waals surface area (Å²) < 4.78 is 0. The second kappa shape index (κ2) is 8.67. The van der Waals surface area contributed by atoms with Crippen molar-refractivity contribution in [1.29, 1.82) is 0 Å². The van der Waals surface area contributed by atoms with E-state index in [1.54, 1.807) is 0 Å². The van der Waals surface area contributed by atoms with E-state index < -0.39 is 0 Å². The molecule has 0 radical (unpaired) electrons. The first-order chi connectivity index (χ1) is 9.95. The van der Waals surface area contributed by atoms with E-state index in [9.17, 15) is 4.79 Å². The molecule has 0 unspecified atom stereocenters. The first-order valence-electron chi connectivity index (χ1n) is 7.78. The van der Waals surface area contributed by atoms with Crippen molar-refractivity contribution in [3.63, 3.8) is 0 Å². The third kappa shape index (κ3) is 5.76. The zero-order chi connectivity index (χ0) is 15.8. The summed E-state index contributed by atoms with van der Waals surface area (Å²) in [5, 5.41) is 6.27. The summed E-state index contributed by atoms with van der Waals surface area (Å²) in [6, 6.07) is 6.33. The van der Waals surface area contributed by atoms with Crippen LogP contribution in [0, 0.1) is 6.92 Å². The fraction of sp³-hybridized carbons (Fsp3) is 0.588. The molecule has 0 aliphatic carbocycles. The van der Waals surface area contributed by atoms with Crippen LogP contribution in [-0.2, 0) is 0 Å². The average molecular weight is 291 g/mol. The molecule has 0 aromatic heterocycles. The van der Waals surface area contributed by atoms with Crippen molar-refractivity contribution < 1.29 is 4.79 Å². The monoisotopic (exact) mass is 291 g/mol. The lowest BCUT2D eigenvalue weighted by molar-refractivity contribution is 0.0951. The van der Waals surface area contributed by atoms with Gasteiger partial charge in [-0.2, -0.15) is 0 Å². The Balaban J connectivity index is 2.44. The highest BCUT2D eigenvalue weighted by Gasteiger charge is 2.08. The van der Waals surface area contributed by atoms with E-state index in [2.05, 4.69) is 43.4 Å². The maximum Gasteiger partial charge on any atom is 0.251 e. The van der Waals surface area contributed by atoms with Crippen LogP contribution in [-0.4, -0.2) is 43.5 Å². The highest BCUT2D eigenvalue weighted by atomic mass is 16.1. The Hall–Kier alpha value is -1.55. The summed E-state index contributed by atoms with van der Waals surface area (Å²) in [5.74, 6) is 0.00773. The number of aryl methyl sites for hydroxylation is 1. The molecule has 0 spiro atoms. The lowest BCUT2D eigenvalue weighted by atomic mass is 10.1. The van der Waals surface area contributed by atoms with E-state index in [0.717, 1.165) is 36.3 Å². The molecule has 4 heteroatoms. The Kier molecular flexibility index (Phi) is 7.23. The van der Waals surface area contributed by atoms with Crippen LogP contribution in [0.2, 0.25) is 0 Å². The summed E-state index contributed by atoms with van der Waals surface area (Å²) in [4.78, 5) is 14.4. The van der Waals surface area contributed by atoms with Gasteiger partial charge >= 0.3 is 0 Å². The van der Waals surface area contributed by atoms with Crippen molar-refractivity contribution in [2.45, 2.75) is 40.2 Å². The highest BCUT2D eigenvalue weighted by molar-refractivity contribution is 5.94. The van der Waals surface area contributed by atoms with Crippen LogP contribution in [0.25, 0.3) is 0 Å². The Bertz CT molecular complexity index is 457. The van der Waals surface area contributed by atoms with Gasteiger partial charge in [0, 0.05) is 30.4 Å². The summed E-state index contributed by atoms with van der Waals surface area (Å²) in [7, 11) is 2.11. The molecule has 0 aliphatic rings. The third-order valence-electron chi connectivity index (χ3n) is 3.71. The molecular weight excluding hydrogens is 262 g/mol. The third-order valence-corrected chi connectivity index (χ3v) is 3.71. The Morgan fingerprint density at radius 2 is 2.05 bits per heavy atom. The number of carbonyl (C=O) groups is 1. The summed E-state index contributed by atoms with van der Waals surface area (Å²) >= 11 is 0. The van der Waals surface area contributed by atoms with Crippen LogP contribution in [0.3, 0.4) is 0 Å². The van der Waals surface area contributed by atoms with E-state index in [-0.39, 0.29) is 5.91 Å². The minimum absolute atomic E-state index is 0.00773. The van der Waals surface area contributed by atoms with Gasteiger partial charge in [0.05, 0.1) is 0 Å². The quantitative estimate of drug-likeness (QED) is 0.724. The van der Waals surface area contributed by atoms with E-state index in [1.165, 1.54) is 0 Å². The number of carbonyl (C=O) groups excluding carboxylic acids is 1. The average Bonchev–Trinajstić information content (AvgIpc) is 2.45. The number of amides is 1. The zero-order valence-corrected chi connectivity index (χ0v) is 14.0. The molecule has 1 aromatic rings. The molecule has 4 nitrogen and oxygen atoms in total. The van der Waals surface area contributed by atoms with Gasteiger partial charge in [0.15, 0.2) is 0 Å². The van der Waals surface area contributed by atoms with Gasteiger partial charge in [-0.25, -0.2) is 0 Å². The molecule has 1 amide bonds. The maximum atomic E-state index is 12.1. The molecule has 1 rings (SSSR count). The molecule has 21 heavy (non-hydrogen) atoms. The molecule has 0 bridgehead atoms. The van der Waals surface area contributed by atoms with Crippen LogP contribution < -0.4 is 10.6 Å². The van der Waals surface area contributed by atoms with Gasteiger partial charge in [-0.1, -0.05) is 0 Å². The SMILES string of the molecule is CCNc1ccc(C(=O)NCCCN(C)C(C)C)cc1C. The van der Waals surface area contributed by atoms with Crippen molar-refractivity contribution in [2.24, 2.45) is 0 Å². The summed E-state index contributed by atoms with van der Waals surface area (Å²) in [6.45, 7) is 11.0. The van der Waals surface area contributed by atoms with E-state index in [1.807, 2.05) is 25.1 Å². The number of hydrogen-bond acceptors (Lipinski definition) is 3. The first kappa shape index (κ1) is 17.5. The van der Waals surface area contributed by atoms with Crippen molar-refractivity contribution in [1.82, 2.24) is 10.2 Å². The standard InChI is InChI=1S/C17H29N3O/c1-6-18-16-9-8-15(12-14(16)4)17(21)19-10-7-11-20(5)13(2)3/h8-9,12-13,18H,6-7,10-11H2,1-5H3,(H,19,21). The Labute approximate surface area is 128 Å². The molecule has 0 aliphatic heterocycles. The van der Waals surface area contributed by atoms with Gasteiger partial charge in [-0.05, 0) is 71.5 Å². The molecule has 2 N–H and O–H groups in total. The van der Waals surface area contributed by atoms with Gasteiger partial charge < -0.3 is 15.5 Å². The molecule has 118 valence electrons. The fourth-order valence-corrected chi connectivity index (χ4v) is 2.08. The highest BCUT2D eigenvalue weighted by Crippen LogP contribution is 2.16. The number of benzene rings is 1. The van der Waals surface area contributed by atoms with Gasteiger partial charge in [0.1, 0.15) is 0 Å². The zero-order valence-electron chi connectivity index (χ0n) is 14.0. The predicted octanol–water partition coefficient (Wildman–Crippen LogP) is 2.89. The van der Waals surface area contributed by atoms with Crippen LogP contribution in [0.15, 0.2) is 18.2 Å². The minimum Gasteiger partial charge on any atom is -0.385 e. The number of nitrogens with one attached hydrogen (secondary N) is 2. The predicted molar refractivity (Wildman–Crippen MR) is 90.1 cm³/mol. The van der Waals surface area contributed by atoms with Crippen molar-refractivity contribution in [2.75, 3.05) is 32.0 Å². The number of rotatable bonds is 8. The first-order valence-corrected chi connectivity index (χ1v) is 7.78. The summed E-state index contributed by atoms with van der Waals surface area (Å²) in [5.41, 5.74) is 2.92. The molecule has 0 atom stereocenters. The van der Waals surface area contributed by atoms with Crippen molar-refractivity contribution in [3.8, 4) is 0 Å². The van der Waals surface area contributed by atoms with Crippen LogP contribution in [0.4, 0.5) is 5.69 Å². The second-order valence-electron chi connectivity index (χ2n) is 5.74. The molecule has 0 fully saturated rings. The van der Waals surface area contributed by atoms with Gasteiger partial charge in [-0.3, -0.25) is 4.79 Å². The van der Waals surface area contributed by atoms with Crippen molar-refractivity contribution in [3.05, 3.63) is 29.3 Å². The molecular formula is C17H29N3O. The van der Waals surface area contributed by atoms with Gasteiger partial charge in [0.25, 0.3) is 5.91 Å². The number of anilines is 1. The van der Waals surface area contributed by atoms with E-state index in [0.29, 0.717) is 12.6 Å². The smallest absolute Gasteiger partial charge is 0.251 e. The Morgan fingerprint density at radius 3 is 2.62 bits per heavy atom. The maximum absolute atomic E-state index is 12.1. The minimum atomic E-state index is 0.00773. The normalized spacial score (nSPS) is 11.0. The molecule has 0 heterocycles. The second-order valence-corrected chi connectivity index (χ2v) is 5.74.